The number of carbonyl (C=O) groups excluding carboxylic acids is 1. The Kier molecular flexibility index (Phi) is 5.67. The van der Waals surface area contributed by atoms with Gasteiger partial charge < -0.3 is 4.74 Å². The molecule has 0 heterocycles. The van der Waals surface area contributed by atoms with E-state index in [1.54, 1.807) is 12.1 Å². The molecule has 1 rings (SSSR count). The van der Waals surface area contributed by atoms with E-state index < -0.39 is 0 Å². The Morgan fingerprint density at radius 3 is 2.53 bits per heavy atom. The Bertz CT molecular complexity index is 346. The lowest BCUT2D eigenvalue weighted by Crippen LogP contribution is -2.08. The van der Waals surface area contributed by atoms with Gasteiger partial charge in [0.15, 0.2) is 0 Å². The normalized spacial score (nSPS) is 12.2. The van der Waals surface area contributed by atoms with E-state index in [9.17, 15) is 9.18 Å². The molecule has 94 valence electrons. The molecular formula is C14H19FO2. The fraction of sp³-hybridized carbons (Fsp3) is 0.500. The number of hydrogen-bond donors (Lipinski definition) is 0. The zero-order valence-corrected chi connectivity index (χ0v) is 10.4. The van der Waals surface area contributed by atoms with Gasteiger partial charge in [0.05, 0.1) is 7.11 Å². The summed E-state index contributed by atoms with van der Waals surface area (Å²) in [5, 5.41) is 0. The maximum absolute atomic E-state index is 12.7. The van der Waals surface area contributed by atoms with Crippen molar-refractivity contribution in [3.8, 4) is 0 Å². The monoisotopic (exact) mass is 238 g/mol. The first-order chi connectivity index (χ1) is 8.15. The van der Waals surface area contributed by atoms with Crippen molar-refractivity contribution in [1.29, 1.82) is 0 Å². The van der Waals surface area contributed by atoms with E-state index in [1.807, 2.05) is 0 Å². The van der Waals surface area contributed by atoms with Crippen LogP contribution >= 0.6 is 0 Å². The first-order valence-corrected chi connectivity index (χ1v) is 5.97. The quantitative estimate of drug-likeness (QED) is 0.710. The molecule has 2 nitrogen and oxygen atoms in total. The molecule has 0 saturated carbocycles. The third kappa shape index (κ3) is 4.98. The van der Waals surface area contributed by atoms with Crippen LogP contribution in [0.3, 0.4) is 0 Å². The maximum Gasteiger partial charge on any atom is 0.305 e. The van der Waals surface area contributed by atoms with Gasteiger partial charge >= 0.3 is 5.97 Å². The predicted octanol–water partition coefficient (Wildman–Crippen LogP) is 3.35. The van der Waals surface area contributed by atoms with Crippen LogP contribution in [0.25, 0.3) is 0 Å². The first kappa shape index (κ1) is 13.7. The van der Waals surface area contributed by atoms with E-state index in [2.05, 4.69) is 11.7 Å². The second-order valence-corrected chi connectivity index (χ2v) is 4.22. The number of esters is 1. The summed E-state index contributed by atoms with van der Waals surface area (Å²) < 4.78 is 17.4. The van der Waals surface area contributed by atoms with E-state index >= 15 is 0 Å². The standard InChI is InChI=1S/C14H19FO2/c1-3-11(6-9-14(16)17-2)10-12-4-7-13(15)8-5-12/h4-5,7-8,11H,3,6,9-10H2,1-2H3. The van der Waals surface area contributed by atoms with E-state index in [0.717, 1.165) is 24.8 Å². The minimum absolute atomic E-state index is 0.164. The van der Waals surface area contributed by atoms with Crippen molar-refractivity contribution >= 4 is 5.97 Å². The molecular weight excluding hydrogens is 219 g/mol. The number of methoxy groups -OCH3 is 1. The lowest BCUT2D eigenvalue weighted by atomic mass is 9.92. The van der Waals surface area contributed by atoms with Crippen molar-refractivity contribution < 1.29 is 13.9 Å². The molecule has 0 amide bonds. The number of benzene rings is 1. The summed E-state index contributed by atoms with van der Waals surface area (Å²) in [7, 11) is 1.41. The van der Waals surface area contributed by atoms with Gasteiger partial charge in [-0.25, -0.2) is 4.39 Å². The van der Waals surface area contributed by atoms with Gasteiger partial charge in [-0.1, -0.05) is 25.5 Å². The summed E-state index contributed by atoms with van der Waals surface area (Å²) in [6.07, 6.45) is 3.17. The molecule has 0 bridgehead atoms. The predicted molar refractivity (Wildman–Crippen MR) is 65.1 cm³/mol. The highest BCUT2D eigenvalue weighted by atomic mass is 19.1. The maximum atomic E-state index is 12.7. The molecule has 1 aromatic rings. The highest BCUT2D eigenvalue weighted by Gasteiger charge is 2.10. The summed E-state index contributed by atoms with van der Waals surface area (Å²) in [6.45, 7) is 2.10. The van der Waals surface area contributed by atoms with E-state index in [0.29, 0.717) is 12.3 Å². The number of rotatable bonds is 6. The molecule has 0 fully saturated rings. The molecule has 3 heteroatoms. The van der Waals surface area contributed by atoms with Gasteiger partial charge in [0.2, 0.25) is 0 Å². The minimum Gasteiger partial charge on any atom is -0.469 e. The highest BCUT2D eigenvalue weighted by Crippen LogP contribution is 2.18. The fourth-order valence-corrected chi connectivity index (χ4v) is 1.83. The van der Waals surface area contributed by atoms with Crippen LogP contribution in [0, 0.1) is 11.7 Å². The van der Waals surface area contributed by atoms with Gasteiger partial charge in [-0.05, 0) is 36.5 Å². The van der Waals surface area contributed by atoms with Crippen LogP contribution in [0.1, 0.15) is 31.7 Å². The molecule has 1 unspecified atom stereocenters. The minimum atomic E-state index is -0.212. The Morgan fingerprint density at radius 1 is 1.35 bits per heavy atom. The zero-order chi connectivity index (χ0) is 12.7. The average molecular weight is 238 g/mol. The summed E-state index contributed by atoms with van der Waals surface area (Å²) in [5.74, 6) is 0.0680. The van der Waals surface area contributed by atoms with Gasteiger partial charge in [0, 0.05) is 6.42 Å². The van der Waals surface area contributed by atoms with Crippen LogP contribution in [0.2, 0.25) is 0 Å². The Morgan fingerprint density at radius 2 is 2.00 bits per heavy atom. The van der Waals surface area contributed by atoms with Crippen LogP contribution < -0.4 is 0 Å². The molecule has 17 heavy (non-hydrogen) atoms. The summed E-state index contributed by atoms with van der Waals surface area (Å²) in [4.78, 5) is 11.1. The summed E-state index contributed by atoms with van der Waals surface area (Å²) >= 11 is 0. The lowest BCUT2D eigenvalue weighted by Gasteiger charge is -2.14. The molecule has 0 aromatic heterocycles. The van der Waals surface area contributed by atoms with Crippen molar-refractivity contribution in [2.75, 3.05) is 7.11 Å². The highest BCUT2D eigenvalue weighted by molar-refractivity contribution is 5.69. The van der Waals surface area contributed by atoms with Crippen LogP contribution in [0.15, 0.2) is 24.3 Å². The van der Waals surface area contributed by atoms with Crippen molar-refractivity contribution in [3.05, 3.63) is 35.6 Å². The number of ether oxygens (including phenoxy) is 1. The average Bonchev–Trinajstić information content (AvgIpc) is 2.36. The van der Waals surface area contributed by atoms with Gasteiger partial charge in [-0.15, -0.1) is 0 Å². The molecule has 0 aliphatic carbocycles. The topological polar surface area (TPSA) is 26.3 Å². The summed E-state index contributed by atoms with van der Waals surface area (Å²) in [5.41, 5.74) is 1.11. The van der Waals surface area contributed by atoms with E-state index in [4.69, 9.17) is 0 Å². The summed E-state index contributed by atoms with van der Waals surface area (Å²) in [6, 6.07) is 6.55. The van der Waals surface area contributed by atoms with E-state index in [-0.39, 0.29) is 11.8 Å². The lowest BCUT2D eigenvalue weighted by molar-refractivity contribution is -0.140. The number of halogens is 1. The van der Waals surface area contributed by atoms with Crippen LogP contribution in [-0.2, 0) is 16.0 Å². The molecule has 1 aromatic carbocycles. The Labute approximate surface area is 102 Å². The molecule has 0 radical (unpaired) electrons. The largest absolute Gasteiger partial charge is 0.469 e. The fourth-order valence-electron chi connectivity index (χ4n) is 1.83. The molecule has 0 saturated heterocycles. The molecule has 0 N–H and O–H groups in total. The smallest absolute Gasteiger partial charge is 0.305 e. The van der Waals surface area contributed by atoms with Crippen LogP contribution in [0.5, 0.6) is 0 Å². The third-order valence-corrected chi connectivity index (χ3v) is 3.00. The Hall–Kier alpha value is -1.38. The SMILES string of the molecule is CCC(CCC(=O)OC)Cc1ccc(F)cc1. The van der Waals surface area contributed by atoms with Gasteiger partial charge in [0.25, 0.3) is 0 Å². The zero-order valence-electron chi connectivity index (χ0n) is 10.4. The van der Waals surface area contributed by atoms with Gasteiger partial charge in [0.1, 0.15) is 5.82 Å². The molecule has 0 aliphatic rings. The molecule has 1 atom stereocenters. The first-order valence-electron chi connectivity index (χ1n) is 5.97. The van der Waals surface area contributed by atoms with Crippen molar-refractivity contribution in [2.24, 2.45) is 5.92 Å². The van der Waals surface area contributed by atoms with Crippen molar-refractivity contribution in [3.63, 3.8) is 0 Å². The Balaban J connectivity index is 2.46. The second kappa shape index (κ2) is 7.05. The van der Waals surface area contributed by atoms with Crippen molar-refractivity contribution in [2.45, 2.75) is 32.6 Å². The van der Waals surface area contributed by atoms with Crippen LogP contribution in [-0.4, -0.2) is 13.1 Å². The molecule has 0 spiro atoms. The van der Waals surface area contributed by atoms with Gasteiger partial charge in [-0.2, -0.15) is 0 Å². The third-order valence-electron chi connectivity index (χ3n) is 3.00. The number of carbonyl (C=O) groups is 1. The number of hydrogen-bond acceptors (Lipinski definition) is 2. The van der Waals surface area contributed by atoms with Gasteiger partial charge in [-0.3, -0.25) is 4.79 Å². The van der Waals surface area contributed by atoms with E-state index in [1.165, 1.54) is 19.2 Å². The second-order valence-electron chi connectivity index (χ2n) is 4.22. The van der Waals surface area contributed by atoms with Crippen molar-refractivity contribution in [1.82, 2.24) is 0 Å². The molecule has 0 aliphatic heterocycles. The van der Waals surface area contributed by atoms with Crippen LogP contribution in [0.4, 0.5) is 4.39 Å².